The van der Waals surface area contributed by atoms with Crippen molar-refractivity contribution >= 4 is 37.7 Å². The molecule has 8 heteroatoms. The summed E-state index contributed by atoms with van der Waals surface area (Å²) in [7, 11) is 3.17. The summed E-state index contributed by atoms with van der Waals surface area (Å²) in [6.45, 7) is 1.10. The number of amides is 1. The van der Waals surface area contributed by atoms with Crippen molar-refractivity contribution in [2.24, 2.45) is 4.99 Å². The molecule has 0 fully saturated rings. The van der Waals surface area contributed by atoms with Crippen LogP contribution in [0.3, 0.4) is 0 Å². The summed E-state index contributed by atoms with van der Waals surface area (Å²) >= 11 is -0.688. The monoisotopic (exact) mass is 444 g/mol. The first-order valence-corrected chi connectivity index (χ1v) is 11.1. The maximum absolute atomic E-state index is 11.7. The number of carbonyl (C=O) groups is 1. The molecule has 1 amide bonds. The van der Waals surface area contributed by atoms with Crippen molar-refractivity contribution in [2.45, 2.75) is 11.3 Å². The Kier molecular flexibility index (Phi) is 5.55. The van der Waals surface area contributed by atoms with Gasteiger partial charge >= 0.3 is 170 Å². The molecule has 2 unspecified atom stereocenters. The molecule has 0 spiro atoms. The first-order chi connectivity index (χ1) is 13.7. The number of hydrogen-bond acceptors (Lipinski definition) is 6. The van der Waals surface area contributed by atoms with Crippen LogP contribution in [0.4, 0.5) is 11.4 Å². The number of hydrogen-bond donors (Lipinski definition) is 1. The van der Waals surface area contributed by atoms with E-state index in [1.807, 2.05) is 36.4 Å². The van der Waals surface area contributed by atoms with Gasteiger partial charge in [0.05, 0.1) is 0 Å². The predicted molar refractivity (Wildman–Crippen MR) is 107 cm³/mol. The number of nitrogens with one attached hydrogen (secondary N) is 1. The van der Waals surface area contributed by atoms with Gasteiger partial charge in [-0.25, -0.2) is 0 Å². The molecule has 2 aromatic rings. The zero-order valence-electron chi connectivity index (χ0n) is 15.7. The molecule has 0 saturated carbocycles. The normalized spacial score (nSPS) is 17.4. The second-order valence-corrected chi connectivity index (χ2v) is 9.38. The van der Waals surface area contributed by atoms with E-state index in [0.717, 1.165) is 33.0 Å². The van der Waals surface area contributed by atoms with Crippen molar-refractivity contribution in [1.82, 2.24) is 0 Å². The molecular formula is C20H21AsN2O5. The van der Waals surface area contributed by atoms with Gasteiger partial charge < -0.3 is 0 Å². The molecule has 0 bridgehead atoms. The number of methoxy groups -OCH3 is 2. The van der Waals surface area contributed by atoms with E-state index < -0.39 is 15.8 Å². The Bertz CT molecular complexity index is 931. The number of carbonyl (C=O) groups excluding carboxylic acids is 1. The van der Waals surface area contributed by atoms with Crippen molar-refractivity contribution in [3.63, 3.8) is 0 Å². The van der Waals surface area contributed by atoms with Crippen LogP contribution in [0.15, 0.2) is 41.4 Å². The Balaban J connectivity index is 1.50. The first-order valence-electron chi connectivity index (χ1n) is 8.87. The Hall–Kier alpha value is -2.50. The number of aliphatic imine (C=N–C) groups is 1. The van der Waals surface area contributed by atoms with Gasteiger partial charge in [-0.05, 0) is 0 Å². The van der Waals surface area contributed by atoms with Crippen LogP contribution in [0.2, 0.25) is 0 Å². The van der Waals surface area contributed by atoms with E-state index in [9.17, 15) is 4.79 Å². The molecule has 7 nitrogen and oxygen atoms in total. The molecule has 4 rings (SSSR count). The third kappa shape index (κ3) is 3.86. The first kappa shape index (κ1) is 18.8. The van der Waals surface area contributed by atoms with Crippen LogP contribution >= 0.6 is 0 Å². The third-order valence-electron chi connectivity index (χ3n) is 4.52. The van der Waals surface area contributed by atoms with Gasteiger partial charge in [0, 0.05) is 0 Å². The fraction of sp³-hybridized carbons (Fsp3) is 0.300. The predicted octanol–water partition coefficient (Wildman–Crippen LogP) is 2.37. The Morgan fingerprint density at radius 2 is 2.18 bits per heavy atom. The summed E-state index contributed by atoms with van der Waals surface area (Å²) in [6.07, 6.45) is 0. The minimum absolute atomic E-state index is 0.0231. The summed E-state index contributed by atoms with van der Waals surface area (Å²) < 4.78 is 23.2. The summed E-state index contributed by atoms with van der Waals surface area (Å²) in [6, 6.07) is 11.5. The van der Waals surface area contributed by atoms with E-state index in [2.05, 4.69) is 5.32 Å². The van der Waals surface area contributed by atoms with Gasteiger partial charge in [-0.3, -0.25) is 0 Å². The van der Waals surface area contributed by atoms with Crippen LogP contribution in [0.25, 0.3) is 0 Å². The number of nitrogens with zero attached hydrogens (tertiary/aromatic N) is 1. The van der Waals surface area contributed by atoms with Gasteiger partial charge in [0.25, 0.3) is 0 Å². The van der Waals surface area contributed by atoms with Crippen molar-refractivity contribution in [3.05, 3.63) is 47.5 Å². The molecule has 0 radical (unpaired) electrons. The Morgan fingerprint density at radius 3 is 3.00 bits per heavy atom. The fourth-order valence-electron chi connectivity index (χ4n) is 3.27. The summed E-state index contributed by atoms with van der Waals surface area (Å²) in [5.74, 6) is 1.56. The summed E-state index contributed by atoms with van der Waals surface area (Å²) in [4.78, 5) is 16.4. The van der Waals surface area contributed by atoms with Gasteiger partial charge in [0.2, 0.25) is 0 Å². The molecule has 28 heavy (non-hydrogen) atoms. The topological polar surface area (TPSA) is 78.4 Å². The molecule has 2 heterocycles. The Morgan fingerprint density at radius 1 is 1.29 bits per heavy atom. The van der Waals surface area contributed by atoms with Gasteiger partial charge in [0.15, 0.2) is 0 Å². The molecule has 2 aliphatic rings. The molecule has 0 aromatic heterocycles. The van der Waals surface area contributed by atoms with Crippen molar-refractivity contribution in [2.75, 3.05) is 32.8 Å². The van der Waals surface area contributed by atoms with Gasteiger partial charge in [-0.2, -0.15) is 0 Å². The van der Waals surface area contributed by atoms with Crippen LogP contribution in [-0.2, 0) is 20.9 Å². The Labute approximate surface area is 169 Å². The second kappa shape index (κ2) is 8.25. The van der Waals surface area contributed by atoms with Crippen LogP contribution in [0, 0.1) is 0 Å². The molecule has 1 N–H and O–H groups in total. The van der Waals surface area contributed by atoms with E-state index in [1.165, 1.54) is 7.11 Å². The zero-order valence-corrected chi connectivity index (χ0v) is 17.7. The number of benzene rings is 2. The molecule has 146 valence electrons. The fourth-order valence-corrected chi connectivity index (χ4v) is 5.86. The van der Waals surface area contributed by atoms with E-state index >= 15 is 0 Å². The molecular weight excluding hydrogens is 423 g/mol. The van der Waals surface area contributed by atoms with E-state index in [-0.39, 0.29) is 17.2 Å². The standard InChI is InChI=1S/C20H21AsN2O5/c1-25-11-18(24)22-13-6-7-15-12(8-13)9-28-20(23-15)21-14-10-27-17-5-3-4-16(26-2)19(14)17/h3-8,14,21H,9-11H2,1-2H3,(H,22,24). The minimum atomic E-state index is -0.688. The number of anilines is 1. The quantitative estimate of drug-likeness (QED) is 0.693. The van der Waals surface area contributed by atoms with Crippen LogP contribution in [-0.4, -0.2) is 53.8 Å². The molecule has 2 aliphatic heterocycles. The summed E-state index contributed by atoms with van der Waals surface area (Å²) in [5, 5.41) is 2.80. The van der Waals surface area contributed by atoms with E-state index in [4.69, 9.17) is 23.9 Å². The molecule has 2 aromatic carbocycles. The molecule has 0 saturated heterocycles. The van der Waals surface area contributed by atoms with E-state index in [1.54, 1.807) is 7.11 Å². The van der Waals surface area contributed by atoms with Crippen molar-refractivity contribution in [3.8, 4) is 11.5 Å². The van der Waals surface area contributed by atoms with Crippen LogP contribution < -0.4 is 14.8 Å². The van der Waals surface area contributed by atoms with Gasteiger partial charge in [-0.15, -0.1) is 0 Å². The zero-order chi connectivity index (χ0) is 19.5. The SMILES string of the molecule is COCC(=O)Nc1ccc2c(c1)COC([AsH]C1COc3cccc(OC)c31)=N2. The van der Waals surface area contributed by atoms with Crippen LogP contribution in [0.1, 0.15) is 15.8 Å². The van der Waals surface area contributed by atoms with Crippen molar-refractivity contribution in [1.29, 1.82) is 0 Å². The second-order valence-electron chi connectivity index (χ2n) is 6.41. The van der Waals surface area contributed by atoms with Crippen molar-refractivity contribution < 1.29 is 23.7 Å². The van der Waals surface area contributed by atoms with E-state index in [0.29, 0.717) is 18.9 Å². The molecule has 2 atom stereocenters. The van der Waals surface area contributed by atoms with Gasteiger partial charge in [0.1, 0.15) is 0 Å². The third-order valence-corrected chi connectivity index (χ3v) is 7.26. The molecule has 0 aliphatic carbocycles. The average Bonchev–Trinajstić information content (AvgIpc) is 3.11. The maximum atomic E-state index is 11.7. The number of fused-ring (bicyclic) bond motifs is 2. The average molecular weight is 444 g/mol. The summed E-state index contributed by atoms with van der Waals surface area (Å²) in [5.41, 5.74) is 3.67. The van der Waals surface area contributed by atoms with Crippen LogP contribution in [0.5, 0.6) is 11.5 Å². The number of rotatable bonds is 6. The van der Waals surface area contributed by atoms with Gasteiger partial charge in [-0.1, -0.05) is 0 Å². The number of ether oxygens (including phenoxy) is 4.